The van der Waals surface area contributed by atoms with Crippen LogP contribution in [0.25, 0.3) is 0 Å². The predicted octanol–water partition coefficient (Wildman–Crippen LogP) is 2.70. The number of ether oxygens (including phenoxy) is 2. The van der Waals surface area contributed by atoms with Gasteiger partial charge in [-0.2, -0.15) is 0 Å². The number of hydrogen-bond donors (Lipinski definition) is 2. The van der Waals surface area contributed by atoms with Gasteiger partial charge >= 0.3 is 5.97 Å². The van der Waals surface area contributed by atoms with E-state index in [0.29, 0.717) is 33.8 Å². The Balaban J connectivity index is 2.45. The molecule has 1 aromatic carbocycles. The monoisotopic (exact) mass is 340 g/mol. The van der Waals surface area contributed by atoms with Gasteiger partial charge in [0.15, 0.2) is 5.11 Å². The Morgan fingerprint density at radius 1 is 1.45 bits per heavy atom. The minimum Gasteiger partial charge on any atom is -0.495 e. The molecule has 0 saturated carbocycles. The van der Waals surface area contributed by atoms with Gasteiger partial charge < -0.3 is 20.1 Å². The van der Waals surface area contributed by atoms with E-state index in [1.165, 1.54) is 0 Å². The van der Waals surface area contributed by atoms with Crippen molar-refractivity contribution in [3.8, 4) is 5.75 Å². The van der Waals surface area contributed by atoms with Gasteiger partial charge in [0.2, 0.25) is 0 Å². The van der Waals surface area contributed by atoms with Crippen LogP contribution in [0, 0.1) is 0 Å². The van der Waals surface area contributed by atoms with Crippen LogP contribution in [0.5, 0.6) is 5.75 Å². The zero-order valence-electron chi connectivity index (χ0n) is 12.5. The highest BCUT2D eigenvalue weighted by atomic mass is 35.5. The normalized spacial score (nSPS) is 17.6. The van der Waals surface area contributed by atoms with Crippen molar-refractivity contribution in [2.45, 2.75) is 19.9 Å². The fourth-order valence-corrected chi connectivity index (χ4v) is 2.82. The molecule has 1 heterocycles. The minimum absolute atomic E-state index is 0.302. The SMILES string of the molecule is CCOC(=O)C1=C(C)NC(=S)N[C@@H]1c1ccc(OC)c(Cl)c1. The molecule has 0 bridgehead atoms. The first kappa shape index (κ1) is 16.6. The summed E-state index contributed by atoms with van der Waals surface area (Å²) in [5, 5.41) is 6.94. The van der Waals surface area contributed by atoms with Crippen LogP contribution < -0.4 is 15.4 Å². The molecule has 7 heteroatoms. The highest BCUT2D eigenvalue weighted by molar-refractivity contribution is 7.80. The zero-order chi connectivity index (χ0) is 16.3. The summed E-state index contributed by atoms with van der Waals surface area (Å²) in [5.41, 5.74) is 1.95. The van der Waals surface area contributed by atoms with E-state index in [4.69, 9.17) is 33.3 Å². The third-order valence-electron chi connectivity index (χ3n) is 3.27. The molecule has 1 aliphatic heterocycles. The topological polar surface area (TPSA) is 59.6 Å². The highest BCUT2D eigenvalue weighted by Crippen LogP contribution is 2.32. The Morgan fingerprint density at radius 3 is 2.77 bits per heavy atom. The van der Waals surface area contributed by atoms with Gasteiger partial charge in [-0.1, -0.05) is 17.7 Å². The Bertz CT molecular complexity index is 646. The summed E-state index contributed by atoms with van der Waals surface area (Å²) in [6, 6.07) is 4.92. The average Bonchev–Trinajstić information content (AvgIpc) is 2.46. The molecule has 0 aliphatic carbocycles. The summed E-state index contributed by atoms with van der Waals surface area (Å²) in [4.78, 5) is 12.2. The molecule has 2 rings (SSSR count). The second kappa shape index (κ2) is 6.98. The van der Waals surface area contributed by atoms with Crippen LogP contribution in [-0.4, -0.2) is 24.8 Å². The van der Waals surface area contributed by atoms with Crippen molar-refractivity contribution < 1.29 is 14.3 Å². The minimum atomic E-state index is -0.420. The number of methoxy groups -OCH3 is 1. The van der Waals surface area contributed by atoms with Gasteiger partial charge in [0, 0.05) is 5.70 Å². The first-order chi connectivity index (χ1) is 10.5. The first-order valence-electron chi connectivity index (χ1n) is 6.76. The van der Waals surface area contributed by atoms with Gasteiger partial charge in [0.25, 0.3) is 0 Å². The van der Waals surface area contributed by atoms with E-state index in [9.17, 15) is 4.79 Å². The Labute approximate surface area is 139 Å². The lowest BCUT2D eigenvalue weighted by molar-refractivity contribution is -0.139. The molecular weight excluding hydrogens is 324 g/mol. The first-order valence-corrected chi connectivity index (χ1v) is 7.55. The second-order valence-corrected chi connectivity index (χ2v) is 5.50. The Hall–Kier alpha value is -1.79. The molecule has 1 aliphatic rings. The van der Waals surface area contributed by atoms with Gasteiger partial charge in [-0.3, -0.25) is 0 Å². The average molecular weight is 341 g/mol. The third kappa shape index (κ3) is 3.34. The smallest absolute Gasteiger partial charge is 0.338 e. The number of thiocarbonyl (C=S) groups is 1. The summed E-state index contributed by atoms with van der Waals surface area (Å²) in [6.45, 7) is 3.86. The van der Waals surface area contributed by atoms with E-state index in [1.807, 2.05) is 6.07 Å². The number of halogens is 1. The number of nitrogens with one attached hydrogen (secondary N) is 2. The number of rotatable bonds is 4. The molecule has 1 atom stereocenters. The maximum Gasteiger partial charge on any atom is 0.338 e. The summed E-state index contributed by atoms with van der Waals surface area (Å²) >= 11 is 11.4. The van der Waals surface area contributed by atoms with Crippen LogP contribution in [0.3, 0.4) is 0 Å². The van der Waals surface area contributed by atoms with E-state index < -0.39 is 6.04 Å². The predicted molar refractivity (Wildman–Crippen MR) is 88.9 cm³/mol. The van der Waals surface area contributed by atoms with Gasteiger partial charge in [0.1, 0.15) is 5.75 Å². The quantitative estimate of drug-likeness (QED) is 0.649. The van der Waals surface area contributed by atoms with Gasteiger partial charge in [-0.05, 0) is 43.8 Å². The van der Waals surface area contributed by atoms with E-state index >= 15 is 0 Å². The van der Waals surface area contributed by atoms with E-state index in [-0.39, 0.29) is 5.97 Å². The van der Waals surface area contributed by atoms with Crippen molar-refractivity contribution in [3.63, 3.8) is 0 Å². The van der Waals surface area contributed by atoms with Crippen LogP contribution >= 0.6 is 23.8 Å². The molecule has 118 valence electrons. The van der Waals surface area contributed by atoms with Crippen molar-refractivity contribution in [3.05, 3.63) is 40.1 Å². The van der Waals surface area contributed by atoms with Gasteiger partial charge in [-0.15, -0.1) is 0 Å². The Morgan fingerprint density at radius 2 is 2.18 bits per heavy atom. The van der Waals surface area contributed by atoms with Crippen LogP contribution in [0.15, 0.2) is 29.5 Å². The Kier molecular flexibility index (Phi) is 5.26. The molecule has 0 saturated heterocycles. The number of carbonyl (C=O) groups is 1. The zero-order valence-corrected chi connectivity index (χ0v) is 14.1. The van der Waals surface area contributed by atoms with E-state index in [0.717, 1.165) is 5.56 Å². The van der Waals surface area contributed by atoms with Crippen LogP contribution in [0.2, 0.25) is 5.02 Å². The lowest BCUT2D eigenvalue weighted by Crippen LogP contribution is -2.45. The molecular formula is C15H17ClN2O3S. The second-order valence-electron chi connectivity index (χ2n) is 4.68. The maximum atomic E-state index is 12.2. The molecule has 5 nitrogen and oxygen atoms in total. The van der Waals surface area contributed by atoms with Crippen molar-refractivity contribution in [2.75, 3.05) is 13.7 Å². The molecule has 0 unspecified atom stereocenters. The maximum absolute atomic E-state index is 12.2. The molecule has 0 spiro atoms. The number of benzene rings is 1. The third-order valence-corrected chi connectivity index (χ3v) is 3.79. The lowest BCUT2D eigenvalue weighted by Gasteiger charge is -2.30. The molecule has 0 amide bonds. The van der Waals surface area contributed by atoms with E-state index in [2.05, 4.69) is 10.6 Å². The molecule has 2 N–H and O–H groups in total. The van der Waals surface area contributed by atoms with Crippen molar-refractivity contribution in [2.24, 2.45) is 0 Å². The lowest BCUT2D eigenvalue weighted by atomic mass is 9.95. The van der Waals surface area contributed by atoms with Gasteiger partial charge in [-0.25, -0.2) is 4.79 Å². The number of esters is 1. The number of carbonyl (C=O) groups excluding carboxylic acids is 1. The van der Waals surface area contributed by atoms with Crippen LogP contribution in [0.1, 0.15) is 25.5 Å². The van der Waals surface area contributed by atoms with Crippen molar-refractivity contribution in [1.82, 2.24) is 10.6 Å². The fraction of sp³-hybridized carbons (Fsp3) is 0.333. The van der Waals surface area contributed by atoms with Crippen molar-refractivity contribution >= 4 is 34.9 Å². The summed E-state index contributed by atoms with van der Waals surface area (Å²) < 4.78 is 10.3. The molecule has 1 aromatic rings. The fourth-order valence-electron chi connectivity index (χ4n) is 2.29. The number of allylic oxidation sites excluding steroid dienone is 1. The van der Waals surface area contributed by atoms with E-state index in [1.54, 1.807) is 33.1 Å². The van der Waals surface area contributed by atoms with Gasteiger partial charge in [0.05, 0.1) is 30.4 Å². The molecule has 0 radical (unpaired) electrons. The van der Waals surface area contributed by atoms with Crippen molar-refractivity contribution in [1.29, 1.82) is 0 Å². The summed E-state index contributed by atoms with van der Waals surface area (Å²) in [7, 11) is 1.55. The number of hydrogen-bond acceptors (Lipinski definition) is 4. The molecule has 0 fully saturated rings. The standard InChI is InChI=1S/C15H17ClN2O3S/c1-4-21-14(19)12-8(2)17-15(22)18-13(12)9-5-6-11(20-3)10(16)7-9/h5-7,13H,4H2,1-3H3,(H2,17,18,22)/t13-/m1/s1. The summed E-state index contributed by atoms with van der Waals surface area (Å²) in [5.74, 6) is 0.180. The molecule has 22 heavy (non-hydrogen) atoms. The summed E-state index contributed by atoms with van der Waals surface area (Å²) in [6.07, 6.45) is 0. The molecule has 0 aromatic heterocycles. The van der Waals surface area contributed by atoms with Crippen LogP contribution in [0.4, 0.5) is 0 Å². The largest absolute Gasteiger partial charge is 0.495 e. The van der Waals surface area contributed by atoms with Crippen LogP contribution in [-0.2, 0) is 9.53 Å². The highest BCUT2D eigenvalue weighted by Gasteiger charge is 2.31.